The molecule has 0 saturated carbocycles. The third kappa shape index (κ3) is 17.9. The summed E-state index contributed by atoms with van der Waals surface area (Å²) in [6, 6.07) is -5.57. The van der Waals surface area contributed by atoms with Crippen molar-refractivity contribution in [2.75, 3.05) is 46.2 Å². The van der Waals surface area contributed by atoms with Crippen LogP contribution in [-0.2, 0) is 80.7 Å². The van der Waals surface area contributed by atoms with Gasteiger partial charge in [-0.05, 0) is 13.8 Å². The summed E-state index contributed by atoms with van der Waals surface area (Å²) in [4.78, 5) is 38.8. The average molecular weight is 1410 g/mol. The Kier molecular flexibility index (Phi) is 29.5. The molecular weight excluding hydrogens is 1310 g/mol. The first kappa shape index (κ1) is 80.3. The summed E-state index contributed by atoms with van der Waals surface area (Å²) in [5.74, 6) is -2.75. The van der Waals surface area contributed by atoms with Crippen LogP contribution < -0.4 is 16.0 Å². The van der Waals surface area contributed by atoms with Crippen molar-refractivity contribution in [3.8, 4) is 0 Å². The van der Waals surface area contributed by atoms with Crippen LogP contribution in [0.15, 0.2) is 0 Å². The zero-order valence-corrected chi connectivity index (χ0v) is 52.2. The molecule has 0 unspecified atom stereocenters. The summed E-state index contributed by atoms with van der Waals surface area (Å²) in [7, 11) is 0. The van der Waals surface area contributed by atoms with Gasteiger partial charge in [-0.25, -0.2) is 0 Å². The quantitative estimate of drug-likeness (QED) is 0.0363. The Hall–Kier alpha value is -3.03. The number of aliphatic hydroxyl groups excluding tert-OH is 22. The molecule has 39 atom stereocenters. The number of ether oxygens (including phenoxy) is 14. The molecule has 7 heterocycles. The van der Waals surface area contributed by atoms with Crippen molar-refractivity contribution in [3.05, 3.63) is 0 Å². The predicted octanol–water partition coefficient (Wildman–Crippen LogP) is -16.3. The SMILES string of the molecule is CC(=O)N[C@H]1[C@H](O[C@H]2[C@@H](O)[C@@H](CO)O[C@@H](O[C@H]3[C@H](O[C@@H]4O[C@@H](C)[C@@H](O)[C@@H](O)[C@@H]4O)[C@@H](NC(C)=O)[C@H](O[C@H]4[C@@H](O)[C@@H](CO)O[C@@H](O[C@@H]([C@@H](O)[C@H](O)CO)[C@H](CO)NC(C)=O)[C@@H]4O)O[C@@H]3CO)[C@@H]2O)O[C@H](CO)[C@@H](O[C@@H]2O[C@H](CO)[C@H](O)[C@H](O)[C@H]2O)[C@@H]1O[C@@H]1O[C@@H](C)[C@@H](O)[C@@H](O)[C@@H]1O. The fraction of sp³-hybridized carbons (Fsp3) is 0.944. The number of carbonyl (C=O) groups is 3. The van der Waals surface area contributed by atoms with Gasteiger partial charge >= 0.3 is 0 Å². The van der Waals surface area contributed by atoms with E-state index < -0.39 is 303 Å². The van der Waals surface area contributed by atoms with Crippen molar-refractivity contribution in [1.29, 1.82) is 0 Å². The summed E-state index contributed by atoms with van der Waals surface area (Å²) in [5, 5.41) is 248. The van der Waals surface area contributed by atoms with E-state index in [1.807, 2.05) is 0 Å². The number of rotatable bonds is 27. The average Bonchev–Trinajstić information content (AvgIpc) is 0.774. The molecule has 96 heavy (non-hydrogen) atoms. The molecule has 7 fully saturated rings. The lowest BCUT2D eigenvalue weighted by Gasteiger charge is -2.52. The number of nitrogens with one attached hydrogen (secondary N) is 3. The third-order valence-electron chi connectivity index (χ3n) is 17.4. The maximum absolute atomic E-state index is 13.4. The van der Waals surface area contributed by atoms with Gasteiger partial charge < -0.3 is 195 Å². The Morgan fingerprint density at radius 3 is 1.04 bits per heavy atom. The van der Waals surface area contributed by atoms with Gasteiger partial charge in [-0.2, -0.15) is 0 Å². The molecule has 7 rings (SSSR count). The molecule has 7 saturated heterocycles. The molecule has 0 spiro atoms. The predicted molar refractivity (Wildman–Crippen MR) is 299 cm³/mol. The monoisotopic (exact) mass is 1410 g/mol. The van der Waals surface area contributed by atoms with Crippen LogP contribution in [0.2, 0.25) is 0 Å². The Morgan fingerprint density at radius 2 is 0.677 bits per heavy atom. The molecule has 3 amide bonds. The molecule has 42 heteroatoms. The zero-order valence-electron chi connectivity index (χ0n) is 52.2. The van der Waals surface area contributed by atoms with E-state index >= 15 is 0 Å². The molecule has 25 N–H and O–H groups in total. The van der Waals surface area contributed by atoms with Gasteiger partial charge in [0.25, 0.3) is 0 Å². The second-order valence-electron chi connectivity index (χ2n) is 24.3. The van der Waals surface area contributed by atoms with Crippen LogP contribution in [-0.4, -0.2) is 415 Å². The maximum atomic E-state index is 13.4. The van der Waals surface area contributed by atoms with Gasteiger partial charge in [0.1, 0.15) is 177 Å². The molecule has 7 aliphatic heterocycles. The van der Waals surface area contributed by atoms with Crippen molar-refractivity contribution in [1.82, 2.24) is 16.0 Å². The first-order valence-electron chi connectivity index (χ1n) is 30.8. The van der Waals surface area contributed by atoms with Crippen LogP contribution in [0.5, 0.6) is 0 Å². The lowest BCUT2D eigenvalue weighted by atomic mass is 9.93. The number of hydrogen-bond donors (Lipinski definition) is 25. The van der Waals surface area contributed by atoms with Gasteiger partial charge in [0.15, 0.2) is 44.0 Å². The molecule has 42 nitrogen and oxygen atoms in total. The molecule has 0 aromatic rings. The largest absolute Gasteiger partial charge is 0.394 e. The van der Waals surface area contributed by atoms with Crippen molar-refractivity contribution in [2.24, 2.45) is 0 Å². The standard InChI is InChI=1S/C54H93N3O39/c1-13-27(69)33(75)36(78)50(83-13)93-44-25(56-16(4)66)48(88-23(11-63)42(44)91-52-38(80)35(77)30(72)20(8-60)85-52)96-47-32(74)22(10-62)87-54(40(47)82)92-43-24(12-64)89-49(26(57-17(5)67)45(43)94-51-37(79)34(76)28(70)14(2)84-51)95-46-31(73)21(9-61)86-53(39(46)81)90-41(29(71)19(68)7-59)18(6-58)55-15(3)65/h13-14,18-54,58-64,68-82H,6-12H2,1-5H3,(H,55,65)(H,56,66)(H,57,67)/t13-,14-,18-,19+,20+,21+,22+,23+,24+,25+,26+,27+,28+,29-,30-,31-,32-,33+,34+,35-,36-,37-,38+,39+,40+,41+,42+,43+,44+,45+,46-,47-,48-,49-,50-,51-,52-,53-,54-/m0/s1. The highest BCUT2D eigenvalue weighted by atomic mass is 16.8. The summed E-state index contributed by atoms with van der Waals surface area (Å²) in [6.45, 7) is -2.36. The summed E-state index contributed by atoms with van der Waals surface area (Å²) in [5.41, 5.74) is 0. The molecule has 0 radical (unpaired) electrons. The van der Waals surface area contributed by atoms with E-state index in [1.54, 1.807) is 0 Å². The van der Waals surface area contributed by atoms with Gasteiger partial charge in [-0.1, -0.05) is 0 Å². The lowest BCUT2D eigenvalue weighted by Crippen LogP contribution is -2.72. The summed E-state index contributed by atoms with van der Waals surface area (Å²) >= 11 is 0. The van der Waals surface area contributed by atoms with Crippen molar-refractivity contribution in [3.63, 3.8) is 0 Å². The highest BCUT2D eigenvalue weighted by Gasteiger charge is 2.61. The van der Waals surface area contributed by atoms with Crippen LogP contribution in [0.3, 0.4) is 0 Å². The second-order valence-corrected chi connectivity index (χ2v) is 24.3. The van der Waals surface area contributed by atoms with Crippen LogP contribution in [0, 0.1) is 0 Å². The highest BCUT2D eigenvalue weighted by molar-refractivity contribution is 5.74. The van der Waals surface area contributed by atoms with E-state index in [0.29, 0.717) is 0 Å². The molecule has 7 aliphatic rings. The molecule has 0 aliphatic carbocycles. The highest BCUT2D eigenvalue weighted by Crippen LogP contribution is 2.40. The van der Waals surface area contributed by atoms with Crippen LogP contribution in [0.1, 0.15) is 34.6 Å². The first-order valence-corrected chi connectivity index (χ1v) is 30.8. The third-order valence-corrected chi connectivity index (χ3v) is 17.4. The van der Waals surface area contributed by atoms with Gasteiger partial charge in [-0.15, -0.1) is 0 Å². The van der Waals surface area contributed by atoms with Crippen LogP contribution in [0.4, 0.5) is 0 Å². The molecular formula is C54H93N3O39. The Labute approximate surface area is 545 Å². The number of hydrogen-bond acceptors (Lipinski definition) is 39. The van der Waals surface area contributed by atoms with E-state index in [1.165, 1.54) is 13.8 Å². The Morgan fingerprint density at radius 1 is 0.354 bits per heavy atom. The fourth-order valence-corrected chi connectivity index (χ4v) is 12.2. The van der Waals surface area contributed by atoms with Crippen LogP contribution in [0.25, 0.3) is 0 Å². The summed E-state index contributed by atoms with van der Waals surface area (Å²) in [6.07, 6.45) is -72.8. The van der Waals surface area contributed by atoms with E-state index in [9.17, 15) is 127 Å². The lowest BCUT2D eigenvalue weighted by molar-refractivity contribution is -0.398. The fourth-order valence-electron chi connectivity index (χ4n) is 12.2. The van der Waals surface area contributed by atoms with Gasteiger partial charge in [0.05, 0.1) is 64.5 Å². The number of carbonyl (C=O) groups excluding carboxylic acids is 3. The van der Waals surface area contributed by atoms with Crippen molar-refractivity contribution >= 4 is 17.7 Å². The minimum atomic E-state index is -2.45. The molecule has 0 aromatic carbocycles. The van der Waals surface area contributed by atoms with Gasteiger partial charge in [0.2, 0.25) is 17.7 Å². The number of aliphatic hydroxyl groups is 22. The Bertz CT molecular complexity index is 2420. The molecule has 558 valence electrons. The Balaban J connectivity index is 1.26. The van der Waals surface area contributed by atoms with E-state index in [-0.39, 0.29) is 0 Å². The molecule has 0 bridgehead atoms. The maximum Gasteiger partial charge on any atom is 0.217 e. The van der Waals surface area contributed by atoms with E-state index in [2.05, 4.69) is 16.0 Å². The van der Waals surface area contributed by atoms with E-state index in [4.69, 9.17) is 66.3 Å². The normalized spacial score (nSPS) is 46.8. The topological polar surface area (TPSA) is 662 Å². The minimum absolute atomic E-state index is 0.812. The van der Waals surface area contributed by atoms with Crippen molar-refractivity contribution < 1.29 is 193 Å². The summed E-state index contributed by atoms with van der Waals surface area (Å²) < 4.78 is 83.9. The van der Waals surface area contributed by atoms with Gasteiger partial charge in [0, 0.05) is 20.8 Å². The first-order chi connectivity index (χ1) is 45.3. The van der Waals surface area contributed by atoms with Gasteiger partial charge in [-0.3, -0.25) is 14.4 Å². The minimum Gasteiger partial charge on any atom is -0.394 e. The van der Waals surface area contributed by atoms with Crippen molar-refractivity contribution in [2.45, 2.75) is 274 Å². The molecule has 0 aromatic heterocycles. The zero-order chi connectivity index (χ0) is 71.2. The van der Waals surface area contributed by atoms with E-state index in [0.717, 1.165) is 20.8 Å². The smallest absolute Gasteiger partial charge is 0.217 e. The van der Waals surface area contributed by atoms with Crippen LogP contribution >= 0.6 is 0 Å². The second kappa shape index (κ2) is 35.2. The number of amides is 3.